The molecule has 142 valence electrons. The Morgan fingerprint density at radius 2 is 2.12 bits per heavy atom. The third kappa shape index (κ3) is 4.44. The summed E-state index contributed by atoms with van der Waals surface area (Å²) in [7, 11) is -3.14. The monoisotopic (exact) mass is 399 g/mol. The average molecular weight is 399 g/mol. The van der Waals surface area contributed by atoms with Crippen molar-refractivity contribution in [2.45, 2.75) is 45.6 Å². The third-order valence-corrected chi connectivity index (χ3v) is 6.76. The smallest absolute Gasteiger partial charge is 0.273 e. The van der Waals surface area contributed by atoms with Crippen LogP contribution < -0.4 is 5.32 Å². The SMILES string of the molecule is CC(C)Cc1nnc(NC(=O)C2=NN([C@H]3CCS(=O)(=O)C3)C(=O)CC2)s1. The quantitative estimate of drug-likeness (QED) is 0.783. The van der Waals surface area contributed by atoms with E-state index in [0.717, 1.165) is 11.4 Å². The summed E-state index contributed by atoms with van der Waals surface area (Å²) in [4.78, 5) is 24.5. The Morgan fingerprint density at radius 3 is 2.77 bits per heavy atom. The van der Waals surface area contributed by atoms with Crippen molar-refractivity contribution >= 4 is 43.8 Å². The standard InChI is InChI=1S/C15H21N5O4S2/c1-9(2)7-12-17-18-15(25-12)16-14(22)11-3-4-13(21)20(19-11)10-5-6-26(23,24)8-10/h9-10H,3-8H2,1-2H3,(H,16,18,22)/t10-/m0/s1. The molecular formula is C15H21N5O4S2. The lowest BCUT2D eigenvalue weighted by atomic mass is 10.1. The lowest BCUT2D eigenvalue weighted by Gasteiger charge is -2.27. The van der Waals surface area contributed by atoms with E-state index in [9.17, 15) is 18.0 Å². The van der Waals surface area contributed by atoms with Gasteiger partial charge in [0.15, 0.2) is 9.84 Å². The summed E-state index contributed by atoms with van der Waals surface area (Å²) >= 11 is 1.31. The fourth-order valence-corrected chi connectivity index (χ4v) is 5.53. The van der Waals surface area contributed by atoms with Gasteiger partial charge in [0.2, 0.25) is 11.0 Å². The van der Waals surface area contributed by atoms with E-state index in [1.165, 1.54) is 16.3 Å². The summed E-state index contributed by atoms with van der Waals surface area (Å²) in [5.74, 6) is -0.306. The van der Waals surface area contributed by atoms with Gasteiger partial charge in [0, 0.05) is 19.3 Å². The van der Waals surface area contributed by atoms with Gasteiger partial charge >= 0.3 is 0 Å². The summed E-state index contributed by atoms with van der Waals surface area (Å²) in [6, 6.07) is -0.491. The molecule has 0 spiro atoms. The second-order valence-electron chi connectivity index (χ2n) is 6.89. The van der Waals surface area contributed by atoms with E-state index < -0.39 is 21.8 Å². The van der Waals surface area contributed by atoms with E-state index in [1.54, 1.807) is 0 Å². The van der Waals surface area contributed by atoms with Crippen molar-refractivity contribution in [1.29, 1.82) is 0 Å². The molecule has 9 nitrogen and oxygen atoms in total. The summed E-state index contributed by atoms with van der Waals surface area (Å²) < 4.78 is 23.3. The third-order valence-electron chi connectivity index (χ3n) is 4.15. The molecule has 0 unspecified atom stereocenters. The van der Waals surface area contributed by atoms with Crippen LogP contribution in [0.1, 0.15) is 38.1 Å². The molecule has 2 amide bonds. The number of sulfone groups is 1. The van der Waals surface area contributed by atoms with Crippen LogP contribution in [0.4, 0.5) is 5.13 Å². The van der Waals surface area contributed by atoms with Crippen LogP contribution in [0.25, 0.3) is 0 Å². The van der Waals surface area contributed by atoms with Crippen LogP contribution >= 0.6 is 11.3 Å². The molecule has 1 saturated heterocycles. The first-order valence-electron chi connectivity index (χ1n) is 8.47. The number of anilines is 1. The zero-order valence-corrected chi connectivity index (χ0v) is 16.3. The number of hydrogen-bond donors (Lipinski definition) is 1. The van der Waals surface area contributed by atoms with E-state index in [-0.39, 0.29) is 36.0 Å². The molecule has 0 aliphatic carbocycles. The van der Waals surface area contributed by atoms with Gasteiger partial charge in [0.1, 0.15) is 10.7 Å². The van der Waals surface area contributed by atoms with Crippen LogP contribution in [0.15, 0.2) is 5.10 Å². The largest absolute Gasteiger partial charge is 0.295 e. The number of aromatic nitrogens is 2. The van der Waals surface area contributed by atoms with E-state index in [1.807, 2.05) is 0 Å². The predicted octanol–water partition coefficient (Wildman–Crippen LogP) is 0.841. The Labute approximate surface area is 155 Å². The Hall–Kier alpha value is -1.88. The van der Waals surface area contributed by atoms with E-state index in [2.05, 4.69) is 34.5 Å². The van der Waals surface area contributed by atoms with Gasteiger partial charge in [0.25, 0.3) is 5.91 Å². The maximum atomic E-state index is 12.4. The minimum Gasteiger partial charge on any atom is -0.295 e. The molecule has 11 heteroatoms. The van der Waals surface area contributed by atoms with E-state index in [0.29, 0.717) is 17.5 Å². The maximum absolute atomic E-state index is 12.4. The van der Waals surface area contributed by atoms with Crippen molar-refractivity contribution in [3.8, 4) is 0 Å². The molecule has 1 aromatic rings. The Balaban J connectivity index is 1.69. The topological polar surface area (TPSA) is 122 Å². The van der Waals surface area contributed by atoms with Crippen molar-refractivity contribution in [2.24, 2.45) is 11.0 Å². The van der Waals surface area contributed by atoms with Gasteiger partial charge in [-0.05, 0) is 12.3 Å². The molecule has 0 bridgehead atoms. The fraction of sp³-hybridized carbons (Fsp3) is 0.667. The summed E-state index contributed by atoms with van der Waals surface area (Å²) in [6.45, 7) is 4.15. The molecule has 3 rings (SSSR count). The summed E-state index contributed by atoms with van der Waals surface area (Å²) in [6.07, 6.45) is 1.49. The molecule has 1 fully saturated rings. The first-order valence-corrected chi connectivity index (χ1v) is 11.1. The zero-order chi connectivity index (χ0) is 18.9. The minimum atomic E-state index is -3.14. The van der Waals surface area contributed by atoms with Crippen molar-refractivity contribution in [2.75, 3.05) is 16.8 Å². The molecule has 1 atom stereocenters. The van der Waals surface area contributed by atoms with Crippen LogP contribution in [-0.4, -0.2) is 58.7 Å². The molecule has 1 N–H and O–H groups in total. The normalized spacial score (nSPS) is 22.6. The number of carbonyl (C=O) groups excluding carboxylic acids is 2. The Kier molecular flexibility index (Phi) is 5.37. The number of hydrogen-bond acceptors (Lipinski definition) is 8. The van der Waals surface area contributed by atoms with Gasteiger partial charge < -0.3 is 0 Å². The van der Waals surface area contributed by atoms with Crippen molar-refractivity contribution in [3.63, 3.8) is 0 Å². The van der Waals surface area contributed by atoms with Crippen molar-refractivity contribution in [1.82, 2.24) is 15.2 Å². The van der Waals surface area contributed by atoms with Gasteiger partial charge in [0.05, 0.1) is 17.5 Å². The number of nitrogens with one attached hydrogen (secondary N) is 1. The van der Waals surface area contributed by atoms with Gasteiger partial charge in [-0.1, -0.05) is 25.2 Å². The molecule has 1 aromatic heterocycles. The minimum absolute atomic E-state index is 0.0436. The lowest BCUT2D eigenvalue weighted by molar-refractivity contribution is -0.133. The predicted molar refractivity (Wildman–Crippen MR) is 97.7 cm³/mol. The highest BCUT2D eigenvalue weighted by Gasteiger charge is 2.37. The maximum Gasteiger partial charge on any atom is 0.273 e. The molecule has 0 radical (unpaired) electrons. The summed E-state index contributed by atoms with van der Waals surface area (Å²) in [5.41, 5.74) is 0.203. The van der Waals surface area contributed by atoms with Gasteiger partial charge in [-0.2, -0.15) is 5.10 Å². The zero-order valence-electron chi connectivity index (χ0n) is 14.6. The molecule has 26 heavy (non-hydrogen) atoms. The molecular weight excluding hydrogens is 378 g/mol. The lowest BCUT2D eigenvalue weighted by Crippen LogP contribution is -2.42. The van der Waals surface area contributed by atoms with Gasteiger partial charge in [-0.25, -0.2) is 13.4 Å². The first-order chi connectivity index (χ1) is 12.2. The molecule has 0 saturated carbocycles. The van der Waals surface area contributed by atoms with Gasteiger partial charge in [-0.15, -0.1) is 10.2 Å². The molecule has 2 aliphatic heterocycles. The first kappa shape index (κ1) is 18.9. The number of rotatable bonds is 5. The summed E-state index contributed by atoms with van der Waals surface area (Å²) in [5, 5.41) is 17.2. The Bertz CT molecular complexity index is 846. The Morgan fingerprint density at radius 1 is 1.35 bits per heavy atom. The highest BCUT2D eigenvalue weighted by Crippen LogP contribution is 2.23. The fourth-order valence-electron chi connectivity index (χ4n) is 2.89. The van der Waals surface area contributed by atoms with E-state index >= 15 is 0 Å². The number of carbonyl (C=O) groups is 2. The van der Waals surface area contributed by atoms with E-state index in [4.69, 9.17) is 0 Å². The second kappa shape index (κ2) is 7.39. The van der Waals surface area contributed by atoms with Gasteiger partial charge in [-0.3, -0.25) is 14.9 Å². The number of hydrazone groups is 1. The number of amides is 2. The van der Waals surface area contributed by atoms with Crippen LogP contribution in [0, 0.1) is 5.92 Å². The van der Waals surface area contributed by atoms with Crippen molar-refractivity contribution < 1.29 is 18.0 Å². The van der Waals surface area contributed by atoms with Crippen LogP contribution in [-0.2, 0) is 25.8 Å². The molecule has 3 heterocycles. The highest BCUT2D eigenvalue weighted by molar-refractivity contribution is 7.91. The van der Waals surface area contributed by atoms with Crippen LogP contribution in [0.2, 0.25) is 0 Å². The van der Waals surface area contributed by atoms with Crippen LogP contribution in [0.5, 0.6) is 0 Å². The molecule has 0 aromatic carbocycles. The average Bonchev–Trinajstić information content (AvgIpc) is 3.13. The number of nitrogens with zero attached hydrogens (tertiary/aromatic N) is 4. The molecule has 2 aliphatic rings. The highest BCUT2D eigenvalue weighted by atomic mass is 32.2. The second-order valence-corrected chi connectivity index (χ2v) is 10.2. The van der Waals surface area contributed by atoms with Crippen LogP contribution in [0.3, 0.4) is 0 Å². The van der Waals surface area contributed by atoms with Crippen molar-refractivity contribution in [3.05, 3.63) is 5.01 Å².